The topological polar surface area (TPSA) is 56.7 Å². The lowest BCUT2D eigenvalue weighted by molar-refractivity contribution is 0.0942. The van der Waals surface area contributed by atoms with Gasteiger partial charge in [-0.25, -0.2) is 9.97 Å². The quantitative estimate of drug-likeness (QED) is 0.770. The molecule has 1 saturated heterocycles. The van der Waals surface area contributed by atoms with Gasteiger partial charge < -0.3 is 14.2 Å². The molecule has 6 heteroatoms. The zero-order chi connectivity index (χ0) is 17.5. The molecule has 134 valence electrons. The maximum atomic E-state index is 6.13. The van der Waals surface area contributed by atoms with E-state index < -0.39 is 0 Å². The molecular formula is C19H25N3O3. The molecule has 2 heterocycles. The lowest BCUT2D eigenvalue weighted by atomic mass is 10.1. The zero-order valence-corrected chi connectivity index (χ0v) is 14.9. The fourth-order valence-electron chi connectivity index (χ4n) is 3.01. The molecule has 1 aliphatic heterocycles. The summed E-state index contributed by atoms with van der Waals surface area (Å²) in [5.41, 5.74) is 1.13. The SMILES string of the molecule is COCc1ncc(CN2CCC(Oc3ccccc3OC)CC2)cn1. The third-order valence-electron chi connectivity index (χ3n) is 4.34. The fourth-order valence-corrected chi connectivity index (χ4v) is 3.01. The third-order valence-corrected chi connectivity index (χ3v) is 4.34. The number of piperidine rings is 1. The molecule has 0 bridgehead atoms. The van der Waals surface area contributed by atoms with E-state index in [1.54, 1.807) is 14.2 Å². The van der Waals surface area contributed by atoms with E-state index in [2.05, 4.69) is 14.9 Å². The minimum Gasteiger partial charge on any atom is -0.493 e. The van der Waals surface area contributed by atoms with Gasteiger partial charge in [0.05, 0.1) is 7.11 Å². The van der Waals surface area contributed by atoms with Crippen LogP contribution in [0.3, 0.4) is 0 Å². The van der Waals surface area contributed by atoms with Gasteiger partial charge in [0.25, 0.3) is 0 Å². The predicted octanol–water partition coefficient (Wildman–Crippen LogP) is 2.68. The Labute approximate surface area is 148 Å². The summed E-state index contributed by atoms with van der Waals surface area (Å²) >= 11 is 0. The van der Waals surface area contributed by atoms with Crippen LogP contribution in [-0.2, 0) is 17.9 Å². The van der Waals surface area contributed by atoms with E-state index in [0.29, 0.717) is 6.61 Å². The normalized spacial score (nSPS) is 15.9. The molecule has 0 unspecified atom stereocenters. The number of para-hydroxylation sites is 2. The monoisotopic (exact) mass is 343 g/mol. The molecule has 0 aliphatic carbocycles. The Morgan fingerprint density at radius 2 is 1.72 bits per heavy atom. The molecule has 0 radical (unpaired) electrons. The Kier molecular flexibility index (Phi) is 6.19. The summed E-state index contributed by atoms with van der Waals surface area (Å²) in [7, 11) is 3.32. The van der Waals surface area contributed by atoms with Crippen molar-refractivity contribution in [2.45, 2.75) is 32.1 Å². The van der Waals surface area contributed by atoms with Crippen LogP contribution in [0, 0.1) is 0 Å². The van der Waals surface area contributed by atoms with Gasteiger partial charge in [-0.2, -0.15) is 0 Å². The highest BCUT2D eigenvalue weighted by Crippen LogP contribution is 2.29. The van der Waals surface area contributed by atoms with Gasteiger partial charge in [-0.05, 0) is 25.0 Å². The van der Waals surface area contributed by atoms with Gasteiger partial charge in [0.2, 0.25) is 0 Å². The van der Waals surface area contributed by atoms with E-state index in [1.165, 1.54) is 0 Å². The third kappa shape index (κ3) is 4.90. The molecule has 0 amide bonds. The molecule has 2 aromatic rings. The van der Waals surface area contributed by atoms with E-state index in [1.807, 2.05) is 36.7 Å². The molecular weight excluding hydrogens is 318 g/mol. The van der Waals surface area contributed by atoms with Crippen LogP contribution >= 0.6 is 0 Å². The summed E-state index contributed by atoms with van der Waals surface area (Å²) in [6.45, 7) is 3.32. The van der Waals surface area contributed by atoms with Crippen molar-refractivity contribution in [2.24, 2.45) is 0 Å². The highest BCUT2D eigenvalue weighted by atomic mass is 16.5. The van der Waals surface area contributed by atoms with Crippen LogP contribution < -0.4 is 9.47 Å². The van der Waals surface area contributed by atoms with Crippen LogP contribution in [0.2, 0.25) is 0 Å². The van der Waals surface area contributed by atoms with Crippen LogP contribution in [0.15, 0.2) is 36.7 Å². The summed E-state index contributed by atoms with van der Waals surface area (Å²) in [6.07, 6.45) is 6.01. The summed E-state index contributed by atoms with van der Waals surface area (Å²) in [6, 6.07) is 7.82. The van der Waals surface area contributed by atoms with Gasteiger partial charge in [0, 0.05) is 44.7 Å². The summed E-state index contributed by atoms with van der Waals surface area (Å²) < 4.78 is 16.5. The van der Waals surface area contributed by atoms with Crippen molar-refractivity contribution in [3.05, 3.63) is 48.0 Å². The van der Waals surface area contributed by atoms with Crippen LogP contribution in [0.25, 0.3) is 0 Å². The fraction of sp³-hybridized carbons (Fsp3) is 0.474. The van der Waals surface area contributed by atoms with E-state index in [4.69, 9.17) is 14.2 Å². The molecule has 3 rings (SSSR count). The van der Waals surface area contributed by atoms with Crippen LogP contribution in [0.5, 0.6) is 11.5 Å². The Hall–Kier alpha value is -2.18. The van der Waals surface area contributed by atoms with E-state index in [9.17, 15) is 0 Å². The Bertz CT molecular complexity index is 655. The number of benzene rings is 1. The largest absolute Gasteiger partial charge is 0.493 e. The molecule has 1 aliphatic rings. The second kappa shape index (κ2) is 8.78. The molecule has 0 saturated carbocycles. The number of nitrogens with zero attached hydrogens (tertiary/aromatic N) is 3. The second-order valence-electron chi connectivity index (χ2n) is 6.18. The lowest BCUT2D eigenvalue weighted by Crippen LogP contribution is -2.37. The van der Waals surface area contributed by atoms with Gasteiger partial charge in [-0.1, -0.05) is 12.1 Å². The number of hydrogen-bond acceptors (Lipinski definition) is 6. The van der Waals surface area contributed by atoms with Gasteiger partial charge in [0.1, 0.15) is 12.7 Å². The van der Waals surface area contributed by atoms with E-state index in [0.717, 1.165) is 55.4 Å². The molecule has 0 N–H and O–H groups in total. The Morgan fingerprint density at radius 3 is 2.36 bits per heavy atom. The van der Waals surface area contributed by atoms with E-state index >= 15 is 0 Å². The average molecular weight is 343 g/mol. The highest BCUT2D eigenvalue weighted by Gasteiger charge is 2.21. The first-order valence-electron chi connectivity index (χ1n) is 8.59. The minimum atomic E-state index is 0.230. The first kappa shape index (κ1) is 17.6. The second-order valence-corrected chi connectivity index (χ2v) is 6.18. The summed E-state index contributed by atoms with van der Waals surface area (Å²) in [4.78, 5) is 11.1. The Morgan fingerprint density at radius 1 is 1.04 bits per heavy atom. The number of ether oxygens (including phenoxy) is 3. The van der Waals surface area contributed by atoms with Crippen molar-refractivity contribution in [2.75, 3.05) is 27.3 Å². The molecule has 6 nitrogen and oxygen atoms in total. The molecule has 25 heavy (non-hydrogen) atoms. The first-order chi connectivity index (χ1) is 12.3. The van der Waals surface area contributed by atoms with Crippen LogP contribution in [0.4, 0.5) is 0 Å². The summed E-state index contributed by atoms with van der Waals surface area (Å²) in [5, 5.41) is 0. The Balaban J connectivity index is 1.48. The first-order valence-corrected chi connectivity index (χ1v) is 8.59. The van der Waals surface area contributed by atoms with Crippen molar-refractivity contribution < 1.29 is 14.2 Å². The highest BCUT2D eigenvalue weighted by molar-refractivity contribution is 5.39. The van der Waals surface area contributed by atoms with E-state index in [-0.39, 0.29) is 6.10 Å². The summed E-state index contributed by atoms with van der Waals surface area (Å²) in [5.74, 6) is 2.33. The number of rotatable bonds is 7. The molecule has 0 atom stereocenters. The number of likely N-dealkylation sites (tertiary alicyclic amines) is 1. The van der Waals surface area contributed by atoms with Crippen LogP contribution in [-0.4, -0.2) is 48.3 Å². The maximum Gasteiger partial charge on any atom is 0.161 e. The zero-order valence-electron chi connectivity index (χ0n) is 14.9. The number of aromatic nitrogens is 2. The molecule has 1 aromatic heterocycles. The maximum absolute atomic E-state index is 6.13. The molecule has 0 spiro atoms. The van der Waals surface area contributed by atoms with Crippen LogP contribution in [0.1, 0.15) is 24.2 Å². The van der Waals surface area contributed by atoms with Gasteiger partial charge in [-0.15, -0.1) is 0 Å². The minimum absolute atomic E-state index is 0.230. The number of methoxy groups -OCH3 is 2. The van der Waals surface area contributed by atoms with Crippen molar-refractivity contribution in [1.29, 1.82) is 0 Å². The smallest absolute Gasteiger partial charge is 0.161 e. The lowest BCUT2D eigenvalue weighted by Gasteiger charge is -2.32. The van der Waals surface area contributed by atoms with Gasteiger partial charge >= 0.3 is 0 Å². The van der Waals surface area contributed by atoms with Crippen molar-refractivity contribution in [3.8, 4) is 11.5 Å². The van der Waals surface area contributed by atoms with Crippen molar-refractivity contribution in [1.82, 2.24) is 14.9 Å². The van der Waals surface area contributed by atoms with Crippen molar-refractivity contribution in [3.63, 3.8) is 0 Å². The standard InChI is InChI=1S/C19H25N3O3/c1-23-14-19-20-11-15(12-21-19)13-22-9-7-16(8-10-22)25-18-6-4-3-5-17(18)24-2/h3-6,11-12,16H,7-10,13-14H2,1-2H3. The molecule has 1 fully saturated rings. The average Bonchev–Trinajstić information content (AvgIpc) is 2.66. The predicted molar refractivity (Wildman–Crippen MR) is 94.7 cm³/mol. The number of hydrogen-bond donors (Lipinski definition) is 0. The van der Waals surface area contributed by atoms with Gasteiger partial charge in [-0.3, -0.25) is 4.90 Å². The van der Waals surface area contributed by atoms with Gasteiger partial charge in [0.15, 0.2) is 17.3 Å². The molecule has 1 aromatic carbocycles. The van der Waals surface area contributed by atoms with Crippen molar-refractivity contribution >= 4 is 0 Å².